The van der Waals surface area contributed by atoms with Crippen LogP contribution in [-0.4, -0.2) is 50.2 Å². The molecule has 3 aromatic rings. The number of carbonyl (C=O) groups is 2. The van der Waals surface area contributed by atoms with Crippen LogP contribution >= 0.6 is 0 Å². The van der Waals surface area contributed by atoms with E-state index in [0.717, 1.165) is 11.8 Å². The summed E-state index contributed by atoms with van der Waals surface area (Å²) in [7, 11) is -1.84. The van der Waals surface area contributed by atoms with Crippen molar-refractivity contribution < 1.29 is 22.7 Å². The lowest BCUT2D eigenvalue weighted by molar-refractivity contribution is -0.120. The molecule has 11 heteroatoms. The van der Waals surface area contributed by atoms with Gasteiger partial charge in [-0.2, -0.15) is 0 Å². The van der Waals surface area contributed by atoms with Gasteiger partial charge in [-0.15, -0.1) is 0 Å². The summed E-state index contributed by atoms with van der Waals surface area (Å²) >= 11 is 0. The second-order valence-corrected chi connectivity index (χ2v) is 11.0. The topological polar surface area (TPSA) is 133 Å². The molecule has 10 nitrogen and oxygen atoms in total. The maximum atomic E-state index is 12.5. The van der Waals surface area contributed by atoms with Crippen LogP contribution in [0.4, 0.5) is 16.2 Å². The van der Waals surface area contributed by atoms with Crippen molar-refractivity contribution >= 4 is 44.4 Å². The Bertz CT molecular complexity index is 1410. The lowest BCUT2D eigenvalue weighted by Crippen LogP contribution is -2.49. The Morgan fingerprint density at radius 3 is 2.50 bits per heavy atom. The van der Waals surface area contributed by atoms with Gasteiger partial charge in [-0.3, -0.25) is 19.7 Å². The van der Waals surface area contributed by atoms with E-state index in [1.807, 2.05) is 26.8 Å². The molecule has 1 aromatic heterocycles. The molecule has 1 saturated heterocycles. The average molecular weight is 486 g/mol. The number of amides is 3. The number of carbonyl (C=O) groups excluding carboxylic acids is 2. The zero-order chi connectivity index (χ0) is 24.8. The molecule has 3 N–H and O–H groups in total. The smallest absolute Gasteiger partial charge is 0.328 e. The minimum atomic E-state index is -3.42. The van der Waals surface area contributed by atoms with Crippen LogP contribution in [0.25, 0.3) is 22.4 Å². The number of nitrogens with one attached hydrogen (secondary N) is 3. The highest BCUT2D eigenvalue weighted by atomic mass is 32.2. The highest BCUT2D eigenvalue weighted by Gasteiger charge is 2.29. The van der Waals surface area contributed by atoms with Crippen LogP contribution in [0.1, 0.15) is 32.8 Å². The van der Waals surface area contributed by atoms with Crippen molar-refractivity contribution in [3.8, 4) is 17.1 Å². The molecule has 2 heterocycles. The van der Waals surface area contributed by atoms with Crippen molar-refractivity contribution in [2.75, 3.05) is 29.5 Å². The van der Waals surface area contributed by atoms with Gasteiger partial charge in [-0.1, -0.05) is 20.8 Å². The number of rotatable bonds is 5. The molecule has 0 unspecified atom stereocenters. The molecule has 0 atom stereocenters. The quantitative estimate of drug-likeness (QED) is 0.507. The van der Waals surface area contributed by atoms with Crippen molar-refractivity contribution in [2.45, 2.75) is 32.6 Å². The number of imide groups is 1. The van der Waals surface area contributed by atoms with Gasteiger partial charge in [0.15, 0.2) is 0 Å². The SMILES string of the molecule is COc1c(-c2nc3ccc(NS(C)(=O)=O)cc3[nH]2)cc(N2CCC(=O)NC2=O)cc1C(C)(C)C. The van der Waals surface area contributed by atoms with E-state index in [1.165, 1.54) is 4.90 Å². The van der Waals surface area contributed by atoms with Crippen molar-refractivity contribution in [1.82, 2.24) is 15.3 Å². The van der Waals surface area contributed by atoms with Crippen LogP contribution in [0, 0.1) is 0 Å². The Morgan fingerprint density at radius 2 is 1.88 bits per heavy atom. The largest absolute Gasteiger partial charge is 0.496 e. The Hall–Kier alpha value is -3.60. The second-order valence-electron chi connectivity index (χ2n) is 9.27. The first-order chi connectivity index (χ1) is 15.9. The molecule has 0 radical (unpaired) electrons. The number of H-pyrrole nitrogens is 1. The number of aromatic amines is 1. The Morgan fingerprint density at radius 1 is 1.15 bits per heavy atom. The highest BCUT2D eigenvalue weighted by Crippen LogP contribution is 2.42. The summed E-state index contributed by atoms with van der Waals surface area (Å²) in [6, 6.07) is 8.24. The number of urea groups is 1. The molecule has 0 aliphatic carbocycles. The Kier molecular flexibility index (Phi) is 5.76. The minimum Gasteiger partial charge on any atom is -0.496 e. The summed E-state index contributed by atoms with van der Waals surface area (Å²) in [5.74, 6) is 0.810. The van der Waals surface area contributed by atoms with Gasteiger partial charge in [0.25, 0.3) is 0 Å². The molecule has 0 bridgehead atoms. The van der Waals surface area contributed by atoms with Gasteiger partial charge in [-0.05, 0) is 35.7 Å². The summed E-state index contributed by atoms with van der Waals surface area (Å²) in [5, 5.41) is 2.36. The number of fused-ring (bicyclic) bond motifs is 1. The fourth-order valence-corrected chi connectivity index (χ4v) is 4.50. The molecule has 1 aliphatic rings. The lowest BCUT2D eigenvalue weighted by atomic mass is 9.84. The van der Waals surface area contributed by atoms with Crippen molar-refractivity contribution in [1.29, 1.82) is 0 Å². The van der Waals surface area contributed by atoms with Crippen LogP contribution in [0.5, 0.6) is 5.75 Å². The third kappa shape index (κ3) is 4.69. The first-order valence-corrected chi connectivity index (χ1v) is 12.6. The maximum absolute atomic E-state index is 12.5. The van der Waals surface area contributed by atoms with E-state index in [-0.39, 0.29) is 24.3 Å². The van der Waals surface area contributed by atoms with Crippen molar-refractivity contribution in [3.05, 3.63) is 35.9 Å². The number of imidazole rings is 1. The monoisotopic (exact) mass is 485 g/mol. The van der Waals surface area contributed by atoms with E-state index in [4.69, 9.17) is 4.74 Å². The fraction of sp³-hybridized carbons (Fsp3) is 0.348. The molecule has 0 spiro atoms. The van der Waals surface area contributed by atoms with E-state index < -0.39 is 16.1 Å². The molecule has 1 aliphatic heterocycles. The summed E-state index contributed by atoms with van der Waals surface area (Å²) in [4.78, 5) is 33.6. The summed E-state index contributed by atoms with van der Waals surface area (Å²) < 4.78 is 31.5. The molecule has 0 saturated carbocycles. The highest BCUT2D eigenvalue weighted by molar-refractivity contribution is 7.92. The number of methoxy groups -OCH3 is 1. The normalized spacial score (nSPS) is 14.9. The summed E-state index contributed by atoms with van der Waals surface area (Å²) in [6.45, 7) is 6.39. The Labute approximate surface area is 197 Å². The minimum absolute atomic E-state index is 0.207. The van der Waals surface area contributed by atoms with Gasteiger partial charge >= 0.3 is 6.03 Å². The molecular formula is C23H27N5O5S. The Balaban J connectivity index is 1.88. The van der Waals surface area contributed by atoms with E-state index >= 15 is 0 Å². The van der Waals surface area contributed by atoms with Crippen LogP contribution in [0.15, 0.2) is 30.3 Å². The second kappa shape index (κ2) is 8.32. The van der Waals surface area contributed by atoms with Crippen molar-refractivity contribution in [3.63, 3.8) is 0 Å². The van der Waals surface area contributed by atoms with Crippen LogP contribution in [0.2, 0.25) is 0 Å². The lowest BCUT2D eigenvalue weighted by Gasteiger charge is -2.30. The zero-order valence-electron chi connectivity index (χ0n) is 19.6. The molecule has 1 fully saturated rings. The number of anilines is 2. The summed E-state index contributed by atoms with van der Waals surface area (Å²) in [5.41, 5.74) is 3.49. The number of sulfonamides is 1. The van der Waals surface area contributed by atoms with Gasteiger partial charge in [0, 0.05) is 24.2 Å². The molecular weight excluding hydrogens is 458 g/mol. The molecule has 4 rings (SSSR count). The predicted molar refractivity (Wildman–Crippen MR) is 131 cm³/mol. The standard InChI is InChI=1S/C23H27N5O5S/c1-23(2,3)16-12-14(28-9-8-19(29)26-22(28)30)11-15(20(16)33-4)21-24-17-7-6-13(10-18(17)25-21)27-34(5,31)32/h6-7,10-12,27H,8-9H2,1-5H3,(H,24,25)(H,26,29,30). The average Bonchev–Trinajstić information content (AvgIpc) is 3.14. The first-order valence-electron chi connectivity index (χ1n) is 10.7. The third-order valence-corrected chi connectivity index (χ3v) is 6.10. The van der Waals surface area contributed by atoms with Crippen LogP contribution < -0.4 is 19.7 Å². The van der Waals surface area contributed by atoms with Gasteiger partial charge < -0.3 is 9.72 Å². The van der Waals surface area contributed by atoms with E-state index in [9.17, 15) is 18.0 Å². The van der Waals surface area contributed by atoms with E-state index in [1.54, 1.807) is 31.4 Å². The third-order valence-electron chi connectivity index (χ3n) is 5.49. The maximum Gasteiger partial charge on any atom is 0.328 e. The molecule has 180 valence electrons. The number of ether oxygens (including phenoxy) is 1. The zero-order valence-corrected chi connectivity index (χ0v) is 20.5. The number of benzene rings is 2. The summed E-state index contributed by atoms with van der Waals surface area (Å²) in [6.07, 6.45) is 1.29. The fourth-order valence-electron chi connectivity index (χ4n) is 3.95. The van der Waals surface area contributed by atoms with E-state index in [0.29, 0.717) is 39.5 Å². The molecule has 2 aromatic carbocycles. The number of aromatic nitrogens is 2. The number of nitrogens with zero attached hydrogens (tertiary/aromatic N) is 2. The van der Waals surface area contributed by atoms with Crippen LogP contribution in [0.3, 0.4) is 0 Å². The first kappa shape index (κ1) is 23.6. The van der Waals surface area contributed by atoms with Gasteiger partial charge in [0.05, 0.1) is 35.6 Å². The molecule has 34 heavy (non-hydrogen) atoms. The number of hydrogen-bond acceptors (Lipinski definition) is 6. The van der Waals surface area contributed by atoms with Gasteiger partial charge in [-0.25, -0.2) is 18.2 Å². The van der Waals surface area contributed by atoms with Crippen LogP contribution in [-0.2, 0) is 20.2 Å². The van der Waals surface area contributed by atoms with E-state index in [2.05, 4.69) is 20.0 Å². The molecule has 3 amide bonds. The van der Waals surface area contributed by atoms with Crippen molar-refractivity contribution in [2.24, 2.45) is 0 Å². The van der Waals surface area contributed by atoms with Gasteiger partial charge in [0.2, 0.25) is 15.9 Å². The predicted octanol–water partition coefficient (Wildman–Crippen LogP) is 3.35. The number of hydrogen-bond donors (Lipinski definition) is 3. The van der Waals surface area contributed by atoms with Gasteiger partial charge in [0.1, 0.15) is 11.6 Å².